The summed E-state index contributed by atoms with van der Waals surface area (Å²) in [5.41, 5.74) is 7.65. The fourth-order valence-corrected chi connectivity index (χ4v) is 3.59. The molecule has 1 aliphatic heterocycles. The summed E-state index contributed by atoms with van der Waals surface area (Å²) < 4.78 is 0. The lowest BCUT2D eigenvalue weighted by atomic mass is 10.1. The number of carboxylic acid groups (broad SMARTS) is 1. The third kappa shape index (κ3) is 4.69. The summed E-state index contributed by atoms with van der Waals surface area (Å²) in [5.74, 6) is -2.03. The summed E-state index contributed by atoms with van der Waals surface area (Å²) in [7, 11) is 0. The molecule has 0 saturated carbocycles. The fraction of sp³-hybridized carbons (Fsp3) is 0.150. The lowest BCUT2D eigenvalue weighted by Gasteiger charge is -2.15. The van der Waals surface area contributed by atoms with Crippen LogP contribution in [-0.2, 0) is 9.59 Å². The molecule has 1 atom stereocenters. The van der Waals surface area contributed by atoms with Gasteiger partial charge in [-0.2, -0.15) is 5.10 Å². The Kier molecular flexibility index (Phi) is 6.08. The van der Waals surface area contributed by atoms with Crippen LogP contribution >= 0.6 is 11.8 Å². The van der Waals surface area contributed by atoms with Crippen LogP contribution in [-0.4, -0.2) is 39.0 Å². The van der Waals surface area contributed by atoms with E-state index in [9.17, 15) is 14.4 Å². The molecule has 0 radical (unpaired) electrons. The van der Waals surface area contributed by atoms with Crippen LogP contribution in [0.15, 0.2) is 64.8 Å². The predicted molar refractivity (Wildman–Crippen MR) is 112 cm³/mol. The van der Waals surface area contributed by atoms with Gasteiger partial charge in [0.1, 0.15) is 5.25 Å². The number of aromatic carboxylic acids is 1. The van der Waals surface area contributed by atoms with Gasteiger partial charge in [-0.15, -0.1) is 5.10 Å². The molecule has 1 saturated heterocycles. The van der Waals surface area contributed by atoms with E-state index in [-0.39, 0.29) is 22.8 Å². The Morgan fingerprint density at radius 3 is 2.48 bits per heavy atom. The molecule has 148 valence electrons. The van der Waals surface area contributed by atoms with E-state index < -0.39 is 23.0 Å². The summed E-state index contributed by atoms with van der Waals surface area (Å²) >= 11 is 0.957. The van der Waals surface area contributed by atoms with Crippen LogP contribution in [0.1, 0.15) is 29.3 Å². The van der Waals surface area contributed by atoms with Crippen molar-refractivity contribution in [1.29, 1.82) is 0 Å². The second-order valence-electron chi connectivity index (χ2n) is 6.22. The number of hydrogen-bond acceptors (Lipinski definition) is 6. The van der Waals surface area contributed by atoms with Gasteiger partial charge < -0.3 is 10.8 Å². The highest BCUT2D eigenvalue weighted by molar-refractivity contribution is 8.14. The first-order valence-corrected chi connectivity index (χ1v) is 9.54. The lowest BCUT2D eigenvalue weighted by Crippen LogP contribution is -2.32. The zero-order chi connectivity index (χ0) is 21.0. The molecule has 29 heavy (non-hydrogen) atoms. The average molecular weight is 410 g/mol. The van der Waals surface area contributed by atoms with Crippen LogP contribution in [0.5, 0.6) is 0 Å². The first kappa shape index (κ1) is 20.3. The molecule has 2 aromatic carbocycles. The Labute approximate surface area is 171 Å². The maximum absolute atomic E-state index is 12.7. The molecule has 3 rings (SSSR count). The van der Waals surface area contributed by atoms with Gasteiger partial charge in [0.15, 0.2) is 5.17 Å². The Hall–Kier alpha value is -3.46. The van der Waals surface area contributed by atoms with Crippen LogP contribution in [0.25, 0.3) is 0 Å². The summed E-state index contributed by atoms with van der Waals surface area (Å²) in [6, 6.07) is 15.1. The molecule has 0 spiro atoms. The van der Waals surface area contributed by atoms with Crippen molar-refractivity contribution in [3.8, 4) is 0 Å². The number of rotatable bonds is 5. The number of carbonyl (C=O) groups excluding carboxylic acids is 2. The summed E-state index contributed by atoms with van der Waals surface area (Å²) in [6.07, 6.45) is -0.0571. The highest BCUT2D eigenvalue weighted by Gasteiger charge is 2.40. The largest absolute Gasteiger partial charge is 0.478 e. The zero-order valence-electron chi connectivity index (χ0n) is 15.5. The lowest BCUT2D eigenvalue weighted by molar-refractivity contribution is -0.121. The Morgan fingerprint density at radius 1 is 1.10 bits per heavy atom. The Balaban J connectivity index is 1.73. The normalized spacial score (nSPS) is 17.7. The molecule has 1 aliphatic rings. The molecule has 0 bridgehead atoms. The van der Waals surface area contributed by atoms with Crippen molar-refractivity contribution in [3.05, 3.63) is 65.7 Å². The smallest absolute Gasteiger partial charge is 0.335 e. The highest BCUT2D eigenvalue weighted by atomic mass is 32.2. The van der Waals surface area contributed by atoms with Crippen molar-refractivity contribution in [1.82, 2.24) is 0 Å². The minimum absolute atomic E-state index is 0.00833. The number of imide groups is 1. The predicted octanol–water partition coefficient (Wildman–Crippen LogP) is 2.49. The van der Waals surface area contributed by atoms with Crippen molar-refractivity contribution in [2.24, 2.45) is 15.9 Å². The van der Waals surface area contributed by atoms with Gasteiger partial charge in [-0.05, 0) is 30.7 Å². The maximum Gasteiger partial charge on any atom is 0.335 e. The molecular weight excluding hydrogens is 392 g/mol. The van der Waals surface area contributed by atoms with Crippen molar-refractivity contribution in [3.63, 3.8) is 0 Å². The van der Waals surface area contributed by atoms with Crippen molar-refractivity contribution < 1.29 is 19.5 Å². The summed E-state index contributed by atoms with van der Waals surface area (Å²) in [5, 5.41) is 16.4. The molecule has 2 aromatic rings. The van der Waals surface area contributed by atoms with Crippen LogP contribution in [0.3, 0.4) is 0 Å². The molecule has 1 unspecified atom stereocenters. The third-order valence-electron chi connectivity index (χ3n) is 4.21. The average Bonchev–Trinajstić information content (AvgIpc) is 2.99. The molecule has 0 aliphatic carbocycles. The van der Waals surface area contributed by atoms with Gasteiger partial charge in [0.05, 0.1) is 17.0 Å². The molecule has 2 amide bonds. The number of anilines is 1. The highest BCUT2D eigenvalue weighted by Crippen LogP contribution is 2.30. The van der Waals surface area contributed by atoms with Crippen LogP contribution in [0.4, 0.5) is 5.69 Å². The van der Waals surface area contributed by atoms with Crippen LogP contribution in [0.2, 0.25) is 0 Å². The van der Waals surface area contributed by atoms with E-state index in [1.807, 2.05) is 30.3 Å². The minimum Gasteiger partial charge on any atom is -0.478 e. The first-order valence-electron chi connectivity index (χ1n) is 8.67. The van der Waals surface area contributed by atoms with Gasteiger partial charge in [0.2, 0.25) is 11.8 Å². The number of hydrogen-bond donors (Lipinski definition) is 2. The Bertz CT molecular complexity index is 1020. The SMILES string of the molecule is C/C(=N\N=C(N)SC1CC(=O)N(c2cccc(C(=O)O)c2)C1=O)c1ccccc1. The molecule has 3 N–H and O–H groups in total. The summed E-state index contributed by atoms with van der Waals surface area (Å²) in [4.78, 5) is 37.1. The topological polar surface area (TPSA) is 125 Å². The molecular formula is C20H18N4O4S. The summed E-state index contributed by atoms with van der Waals surface area (Å²) in [6.45, 7) is 1.79. The fourth-order valence-electron chi connectivity index (χ4n) is 2.78. The molecule has 1 fully saturated rings. The molecule has 9 heteroatoms. The van der Waals surface area contributed by atoms with Gasteiger partial charge in [-0.3, -0.25) is 9.59 Å². The van der Waals surface area contributed by atoms with E-state index in [0.717, 1.165) is 22.2 Å². The number of amides is 2. The minimum atomic E-state index is -1.14. The van der Waals surface area contributed by atoms with Crippen LogP contribution < -0.4 is 10.6 Å². The van der Waals surface area contributed by atoms with Crippen molar-refractivity contribution >= 4 is 46.1 Å². The van der Waals surface area contributed by atoms with Crippen LogP contribution in [0, 0.1) is 0 Å². The van der Waals surface area contributed by atoms with E-state index in [4.69, 9.17) is 10.8 Å². The number of nitrogens with zero attached hydrogens (tertiary/aromatic N) is 3. The van der Waals surface area contributed by atoms with E-state index >= 15 is 0 Å². The first-order chi connectivity index (χ1) is 13.9. The number of amidine groups is 1. The number of benzene rings is 2. The van der Waals surface area contributed by atoms with Gasteiger partial charge in [0, 0.05) is 6.42 Å². The second-order valence-corrected chi connectivity index (χ2v) is 7.45. The van der Waals surface area contributed by atoms with Gasteiger partial charge in [-0.25, -0.2) is 9.69 Å². The van der Waals surface area contributed by atoms with Crippen molar-refractivity contribution in [2.75, 3.05) is 4.90 Å². The molecule has 8 nitrogen and oxygen atoms in total. The van der Waals surface area contributed by atoms with E-state index in [0.29, 0.717) is 5.71 Å². The van der Waals surface area contributed by atoms with E-state index in [2.05, 4.69) is 10.2 Å². The third-order valence-corrected chi connectivity index (χ3v) is 5.19. The number of thioether (sulfide) groups is 1. The van der Waals surface area contributed by atoms with Gasteiger partial charge >= 0.3 is 5.97 Å². The van der Waals surface area contributed by atoms with E-state index in [1.54, 1.807) is 6.92 Å². The quantitative estimate of drug-likeness (QED) is 0.338. The van der Waals surface area contributed by atoms with Gasteiger partial charge in [-0.1, -0.05) is 48.2 Å². The maximum atomic E-state index is 12.7. The van der Waals surface area contributed by atoms with Gasteiger partial charge in [0.25, 0.3) is 0 Å². The second kappa shape index (κ2) is 8.70. The molecule has 0 aromatic heterocycles. The number of carbonyl (C=O) groups is 3. The monoisotopic (exact) mass is 410 g/mol. The number of carboxylic acids is 1. The molecule has 1 heterocycles. The van der Waals surface area contributed by atoms with E-state index in [1.165, 1.54) is 24.3 Å². The zero-order valence-corrected chi connectivity index (χ0v) is 16.3. The van der Waals surface area contributed by atoms with Crippen molar-refractivity contribution in [2.45, 2.75) is 18.6 Å². The standard InChI is InChI=1S/C20H18N4O4S/c1-12(13-6-3-2-4-7-13)22-23-20(21)29-16-11-17(25)24(18(16)26)15-9-5-8-14(10-15)19(27)28/h2-10,16H,11H2,1H3,(H2,21,23)(H,27,28)/b22-12+. The number of nitrogens with two attached hydrogens (primary N) is 1. The Morgan fingerprint density at radius 2 is 1.79 bits per heavy atom.